The topological polar surface area (TPSA) is 32.3 Å². The molecule has 2 amide bonds. The summed E-state index contributed by atoms with van der Waals surface area (Å²) in [6.07, 6.45) is 0. The number of hydrogen-bond acceptors (Lipinski definition) is 1. The molecule has 0 rings (SSSR count). The Hall–Kier alpha value is -0.513. The molecule has 0 spiro atoms. The summed E-state index contributed by atoms with van der Waals surface area (Å²) in [6, 6.07) is -0.00772. The molecule has 0 radical (unpaired) electrons. The van der Waals surface area contributed by atoms with E-state index in [4.69, 9.17) is 0 Å². The molecule has 0 fully saturated rings. The second-order valence-corrected chi connectivity index (χ2v) is 2.79. The monoisotopic (exact) mass is 118 g/mol. The Bertz CT molecular complexity index is 73.3. The SMILES string of the molecule is CNC(=O)N(C)[SiH3]. The highest BCUT2D eigenvalue weighted by molar-refractivity contribution is 6.13. The second kappa shape index (κ2) is 2.63. The van der Waals surface area contributed by atoms with Crippen LogP contribution in [0.2, 0.25) is 0 Å². The number of carbonyl (C=O) groups is 1. The summed E-state index contributed by atoms with van der Waals surface area (Å²) in [4.78, 5) is 10.4. The molecule has 42 valence electrons. The third-order valence-electron chi connectivity index (χ3n) is 0.620. The van der Waals surface area contributed by atoms with Crippen molar-refractivity contribution in [2.45, 2.75) is 0 Å². The van der Waals surface area contributed by atoms with Gasteiger partial charge in [-0.2, -0.15) is 0 Å². The molecule has 0 aromatic carbocycles. The quantitative estimate of drug-likeness (QED) is 0.387. The van der Waals surface area contributed by atoms with Crippen molar-refractivity contribution in [3.05, 3.63) is 0 Å². The molecule has 0 aromatic heterocycles. The lowest BCUT2D eigenvalue weighted by molar-refractivity contribution is 0.231. The summed E-state index contributed by atoms with van der Waals surface area (Å²) in [6.45, 7) is 0. The summed E-state index contributed by atoms with van der Waals surface area (Å²) in [7, 11) is 4.16. The van der Waals surface area contributed by atoms with E-state index in [0.717, 1.165) is 10.4 Å². The number of carbonyl (C=O) groups excluding carboxylic acids is 1. The van der Waals surface area contributed by atoms with Crippen LogP contribution in [-0.4, -0.2) is 35.1 Å². The molecule has 0 saturated carbocycles. The van der Waals surface area contributed by atoms with Crippen LogP contribution >= 0.6 is 0 Å². The van der Waals surface area contributed by atoms with Crippen molar-refractivity contribution in [1.29, 1.82) is 0 Å². The Morgan fingerprint density at radius 3 is 2.29 bits per heavy atom. The normalized spacial score (nSPS) is 8.29. The summed E-state index contributed by atoms with van der Waals surface area (Å²) in [5.41, 5.74) is 0. The van der Waals surface area contributed by atoms with Crippen LogP contribution in [0.1, 0.15) is 0 Å². The molecule has 3 nitrogen and oxygen atoms in total. The maximum Gasteiger partial charge on any atom is 0.308 e. The molecule has 0 aliphatic heterocycles. The molecule has 0 saturated heterocycles. The van der Waals surface area contributed by atoms with E-state index in [1.165, 1.54) is 0 Å². The fourth-order valence-electron chi connectivity index (χ4n) is 0.224. The van der Waals surface area contributed by atoms with E-state index in [2.05, 4.69) is 5.32 Å². The number of rotatable bonds is 0. The molecule has 7 heavy (non-hydrogen) atoms. The lowest BCUT2D eigenvalue weighted by Crippen LogP contribution is -2.32. The summed E-state index contributed by atoms with van der Waals surface area (Å²) in [5, 5.41) is 2.49. The van der Waals surface area contributed by atoms with Crippen LogP contribution in [0.25, 0.3) is 0 Å². The van der Waals surface area contributed by atoms with Gasteiger partial charge in [0.15, 0.2) is 0 Å². The molecule has 0 atom stereocenters. The highest BCUT2D eigenvalue weighted by Crippen LogP contribution is 1.69. The number of nitrogens with one attached hydrogen (secondary N) is 1. The molecular weight excluding hydrogens is 108 g/mol. The lowest BCUT2D eigenvalue weighted by atomic mass is 11.0. The zero-order valence-electron chi connectivity index (χ0n) is 4.86. The first-order valence-corrected chi connectivity index (χ1v) is 2.97. The number of urea groups is 1. The summed E-state index contributed by atoms with van der Waals surface area (Å²) in [5.74, 6) is 0. The van der Waals surface area contributed by atoms with Crippen molar-refractivity contribution >= 4 is 16.4 Å². The van der Waals surface area contributed by atoms with Gasteiger partial charge in [0.05, 0.1) is 0 Å². The van der Waals surface area contributed by atoms with E-state index in [0.29, 0.717) is 0 Å². The van der Waals surface area contributed by atoms with Gasteiger partial charge in [0, 0.05) is 14.1 Å². The lowest BCUT2D eigenvalue weighted by Gasteiger charge is -2.07. The molecule has 0 aliphatic carbocycles. The average Bonchev–Trinajstić information content (AvgIpc) is 1.65. The van der Waals surface area contributed by atoms with Crippen molar-refractivity contribution in [1.82, 2.24) is 9.88 Å². The molecular formula is C3H10N2OSi. The van der Waals surface area contributed by atoms with Gasteiger partial charge in [0.25, 0.3) is 0 Å². The van der Waals surface area contributed by atoms with Crippen LogP contribution in [0.15, 0.2) is 0 Å². The van der Waals surface area contributed by atoms with Crippen molar-refractivity contribution in [2.75, 3.05) is 14.1 Å². The van der Waals surface area contributed by atoms with Crippen molar-refractivity contribution in [3.8, 4) is 0 Å². The maximum absolute atomic E-state index is 10.4. The van der Waals surface area contributed by atoms with E-state index in [1.807, 2.05) is 0 Å². The molecule has 0 aromatic rings. The van der Waals surface area contributed by atoms with Gasteiger partial charge < -0.3 is 9.88 Å². The summed E-state index contributed by atoms with van der Waals surface area (Å²) < 4.78 is 1.61. The number of nitrogens with zero attached hydrogens (tertiary/aromatic N) is 1. The van der Waals surface area contributed by atoms with Crippen molar-refractivity contribution < 1.29 is 4.79 Å². The molecule has 0 heterocycles. The van der Waals surface area contributed by atoms with Gasteiger partial charge in [-0.05, 0) is 0 Å². The number of hydrogen-bond donors (Lipinski definition) is 1. The second-order valence-electron chi connectivity index (χ2n) is 1.45. The first-order valence-electron chi connectivity index (χ1n) is 2.07. The van der Waals surface area contributed by atoms with Gasteiger partial charge in [-0.25, -0.2) is 4.79 Å². The third kappa shape index (κ3) is 2.22. The van der Waals surface area contributed by atoms with E-state index >= 15 is 0 Å². The van der Waals surface area contributed by atoms with E-state index in [9.17, 15) is 4.79 Å². The van der Waals surface area contributed by atoms with Crippen LogP contribution < -0.4 is 5.32 Å². The average molecular weight is 118 g/mol. The Balaban J connectivity index is 3.35. The Morgan fingerprint density at radius 2 is 2.29 bits per heavy atom. The Labute approximate surface area is 46.2 Å². The van der Waals surface area contributed by atoms with Crippen LogP contribution in [0.5, 0.6) is 0 Å². The minimum absolute atomic E-state index is 0.00772. The number of amides is 2. The first kappa shape index (κ1) is 6.49. The predicted octanol–water partition coefficient (Wildman–Crippen LogP) is -1.46. The van der Waals surface area contributed by atoms with Gasteiger partial charge in [-0.15, -0.1) is 0 Å². The molecule has 0 aliphatic rings. The maximum atomic E-state index is 10.4. The largest absolute Gasteiger partial charge is 0.364 e. The highest BCUT2D eigenvalue weighted by Gasteiger charge is 1.93. The van der Waals surface area contributed by atoms with Crippen LogP contribution in [0.3, 0.4) is 0 Å². The minimum Gasteiger partial charge on any atom is -0.364 e. The molecule has 0 unspecified atom stereocenters. The zero-order valence-corrected chi connectivity index (χ0v) is 6.86. The Kier molecular flexibility index (Phi) is 2.43. The first-order chi connectivity index (χ1) is 3.18. The van der Waals surface area contributed by atoms with E-state index in [1.54, 1.807) is 18.7 Å². The fourth-order valence-corrected chi connectivity index (χ4v) is 0.447. The molecule has 0 bridgehead atoms. The van der Waals surface area contributed by atoms with Gasteiger partial charge in [-0.1, -0.05) is 0 Å². The van der Waals surface area contributed by atoms with Crippen molar-refractivity contribution in [3.63, 3.8) is 0 Å². The smallest absolute Gasteiger partial charge is 0.308 e. The van der Waals surface area contributed by atoms with Gasteiger partial charge in [0.1, 0.15) is 10.4 Å². The minimum atomic E-state index is -0.00772. The summed E-state index contributed by atoms with van der Waals surface area (Å²) >= 11 is 0. The van der Waals surface area contributed by atoms with E-state index in [-0.39, 0.29) is 6.03 Å². The molecule has 1 N–H and O–H groups in total. The Morgan fingerprint density at radius 1 is 1.86 bits per heavy atom. The van der Waals surface area contributed by atoms with Crippen LogP contribution in [0, 0.1) is 0 Å². The van der Waals surface area contributed by atoms with Gasteiger partial charge in [0.2, 0.25) is 0 Å². The van der Waals surface area contributed by atoms with E-state index < -0.39 is 0 Å². The predicted molar refractivity (Wildman–Crippen MR) is 32.2 cm³/mol. The van der Waals surface area contributed by atoms with Crippen LogP contribution in [0.4, 0.5) is 4.79 Å². The fraction of sp³-hybridized carbons (Fsp3) is 0.667. The molecule has 4 heteroatoms. The van der Waals surface area contributed by atoms with Gasteiger partial charge >= 0.3 is 6.03 Å². The van der Waals surface area contributed by atoms with Crippen molar-refractivity contribution in [2.24, 2.45) is 0 Å². The standard InChI is InChI=1S/C3H10N2OSi/c1-4-3(6)5(2)7/h1-2,7H3,(H,4,6). The van der Waals surface area contributed by atoms with Gasteiger partial charge in [-0.3, -0.25) is 0 Å². The highest BCUT2D eigenvalue weighted by atomic mass is 28.2. The zero-order chi connectivity index (χ0) is 5.86. The third-order valence-corrected chi connectivity index (χ3v) is 1.03. The van der Waals surface area contributed by atoms with Crippen LogP contribution in [-0.2, 0) is 0 Å².